The van der Waals surface area contributed by atoms with Crippen molar-refractivity contribution in [2.24, 2.45) is 7.05 Å². The summed E-state index contributed by atoms with van der Waals surface area (Å²) in [4.78, 5) is 69.0. The molecule has 15 heteroatoms. The van der Waals surface area contributed by atoms with Crippen molar-refractivity contribution in [1.82, 2.24) is 20.2 Å². The van der Waals surface area contributed by atoms with Gasteiger partial charge >= 0.3 is 15.2 Å². The van der Waals surface area contributed by atoms with Gasteiger partial charge in [-0.25, -0.2) is 0 Å². The van der Waals surface area contributed by atoms with Crippen LogP contribution in [0.5, 0.6) is 0 Å². The van der Waals surface area contributed by atoms with E-state index in [-0.39, 0.29) is 28.2 Å². The lowest BCUT2D eigenvalue weighted by molar-refractivity contribution is 0.0930. The molecule has 2 amide bonds. The summed E-state index contributed by atoms with van der Waals surface area (Å²) >= 11 is 0. The van der Waals surface area contributed by atoms with Gasteiger partial charge < -0.3 is 45.5 Å². The number of hydrogen-bond acceptors (Lipinski definition) is 5. The fourth-order valence-electron chi connectivity index (χ4n) is 4.28. The minimum atomic E-state index is -5.13. The number of aromatic nitrogens is 2. The van der Waals surface area contributed by atoms with Gasteiger partial charge in [0, 0.05) is 30.7 Å². The molecule has 1 aliphatic rings. The van der Waals surface area contributed by atoms with Gasteiger partial charge in [0.25, 0.3) is 11.8 Å². The number of nitrogen functional groups attached to an aromatic ring is 1. The highest BCUT2D eigenvalue weighted by atomic mass is 31.2. The van der Waals surface area contributed by atoms with E-state index in [2.05, 4.69) is 15.6 Å². The van der Waals surface area contributed by atoms with Gasteiger partial charge in [0.1, 0.15) is 16.5 Å². The lowest BCUT2D eigenvalue weighted by Crippen LogP contribution is -2.51. The zero-order valence-electron chi connectivity index (χ0n) is 19.6. The van der Waals surface area contributed by atoms with Crippen LogP contribution in [0.4, 0.5) is 5.69 Å². The Morgan fingerprint density at radius 3 is 2.35 bits per heavy atom. The van der Waals surface area contributed by atoms with Crippen LogP contribution in [-0.4, -0.2) is 47.0 Å². The van der Waals surface area contributed by atoms with E-state index in [0.717, 1.165) is 12.1 Å². The molecule has 0 saturated carbocycles. The summed E-state index contributed by atoms with van der Waals surface area (Å²) in [5, 5.41) is 2.60. The number of anilines is 1. The van der Waals surface area contributed by atoms with Gasteiger partial charge in [0.15, 0.2) is 0 Å². The van der Waals surface area contributed by atoms with E-state index in [1.54, 1.807) is 13.1 Å². The summed E-state index contributed by atoms with van der Waals surface area (Å²) in [5.41, 5.74) is 6.41. The van der Waals surface area contributed by atoms with Crippen molar-refractivity contribution in [3.63, 3.8) is 0 Å². The molecule has 2 unspecified atom stereocenters. The molecule has 0 aliphatic heterocycles. The first kappa shape index (κ1) is 26.6. The highest BCUT2D eigenvalue weighted by Crippen LogP contribution is 2.61. The van der Waals surface area contributed by atoms with Crippen LogP contribution < -0.4 is 21.7 Å². The predicted molar refractivity (Wildman–Crippen MR) is 135 cm³/mol. The third-order valence-corrected chi connectivity index (χ3v) is 9.04. The van der Waals surface area contributed by atoms with Crippen molar-refractivity contribution in [1.29, 1.82) is 0 Å². The molecule has 2 heterocycles. The Bertz CT molecular complexity index is 1520. The number of aryl methyl sites for hydroxylation is 1. The van der Waals surface area contributed by atoms with Gasteiger partial charge in [-0.3, -0.25) is 18.7 Å². The number of nitrogens with one attached hydrogen (secondary N) is 3. The fraction of sp³-hybridized carbons (Fsp3) is 0.182. The number of fused-ring (bicyclic) bond motifs is 1. The van der Waals surface area contributed by atoms with Gasteiger partial charge in [-0.1, -0.05) is 6.07 Å². The number of H-pyrrole nitrogens is 1. The number of hydrogen-bond donors (Lipinski definition) is 8. The average molecular weight is 549 g/mol. The van der Waals surface area contributed by atoms with E-state index in [0.29, 0.717) is 5.69 Å². The number of benzene rings is 1. The lowest BCUT2D eigenvalue weighted by atomic mass is 9.82. The Labute approximate surface area is 210 Å². The van der Waals surface area contributed by atoms with E-state index < -0.39 is 43.5 Å². The summed E-state index contributed by atoms with van der Waals surface area (Å²) in [6, 6.07) is 6.40. The van der Waals surface area contributed by atoms with Crippen LogP contribution in [0.15, 0.2) is 54.9 Å². The maximum Gasteiger partial charge on any atom is 0.356 e. The normalized spacial score (nSPS) is 19.6. The first-order valence-corrected chi connectivity index (χ1v) is 14.0. The van der Waals surface area contributed by atoms with Crippen LogP contribution in [0.1, 0.15) is 39.0 Å². The Kier molecular flexibility index (Phi) is 6.58. The maximum atomic E-state index is 13.1. The Balaban J connectivity index is 1.89. The molecule has 37 heavy (non-hydrogen) atoms. The zero-order valence-corrected chi connectivity index (χ0v) is 21.4. The van der Waals surface area contributed by atoms with Gasteiger partial charge in [0.05, 0.1) is 17.0 Å². The number of nitrogens with two attached hydrogens (primary N) is 1. The molecule has 9 N–H and O–H groups in total. The minimum Gasteiger partial charge on any atom is -0.397 e. The van der Waals surface area contributed by atoms with Crippen molar-refractivity contribution in [3.05, 3.63) is 77.4 Å². The Morgan fingerprint density at radius 2 is 1.81 bits per heavy atom. The van der Waals surface area contributed by atoms with Crippen LogP contribution >= 0.6 is 15.2 Å². The molecule has 2 atom stereocenters. The lowest BCUT2D eigenvalue weighted by Gasteiger charge is -2.42. The summed E-state index contributed by atoms with van der Waals surface area (Å²) in [6.45, 7) is 1.18. The second-order valence-electron chi connectivity index (χ2n) is 8.80. The van der Waals surface area contributed by atoms with Crippen molar-refractivity contribution in [2.45, 2.75) is 18.1 Å². The van der Waals surface area contributed by atoms with Gasteiger partial charge in [-0.15, -0.1) is 0 Å². The Hall–Kier alpha value is -3.44. The summed E-state index contributed by atoms with van der Waals surface area (Å²) in [6.07, 6.45) is 4.31. The van der Waals surface area contributed by atoms with Crippen molar-refractivity contribution in [3.8, 4) is 0 Å². The molecular weight excluding hydrogens is 524 g/mol. The SMILES string of the molecule is Cn1cc(N)cc1C(=O)NC1=CC(NC(=O)c2ccc[nH]2)C(C)(P(=O)(O)O)c2cc(P(=O)(O)O)ccc21. The second kappa shape index (κ2) is 9.14. The summed E-state index contributed by atoms with van der Waals surface area (Å²) in [5.74, 6) is -1.30. The zero-order chi connectivity index (χ0) is 27.3. The molecule has 4 rings (SSSR count). The molecule has 0 saturated heterocycles. The molecule has 0 bridgehead atoms. The standard InChI is InChI=1S/C22H25N5O8P2/c1-22(37(33,34)35)15-9-13(36(30,31)32)5-6-14(15)17(25-21(29)18-8-12(23)11-27(18)2)10-19(22)26-20(28)16-4-3-7-24-16/h3-11,19,24H,23H2,1-2H3,(H,25,29)(H,26,28)(H2,30,31,32)(H2,33,34,35). The highest BCUT2D eigenvalue weighted by Gasteiger charge is 2.54. The van der Waals surface area contributed by atoms with Crippen molar-refractivity contribution < 1.29 is 38.3 Å². The van der Waals surface area contributed by atoms with Gasteiger partial charge in [-0.05, 0) is 48.9 Å². The second-order valence-corrected chi connectivity index (χ2v) is 12.4. The summed E-state index contributed by atoms with van der Waals surface area (Å²) in [7, 11) is -8.35. The quantitative estimate of drug-likeness (QED) is 0.203. The molecule has 1 aliphatic carbocycles. The number of carbonyl (C=O) groups excluding carboxylic acids is 2. The Morgan fingerprint density at radius 1 is 1.11 bits per heavy atom. The molecule has 0 spiro atoms. The molecular formula is C22H25N5O8P2. The smallest absolute Gasteiger partial charge is 0.356 e. The van der Waals surface area contributed by atoms with E-state index in [1.165, 1.54) is 48.2 Å². The van der Waals surface area contributed by atoms with Gasteiger partial charge in [0.2, 0.25) is 0 Å². The van der Waals surface area contributed by atoms with Crippen LogP contribution in [0.25, 0.3) is 5.70 Å². The molecule has 3 aromatic rings. The third kappa shape index (κ3) is 4.80. The number of rotatable bonds is 6. The number of amides is 2. The molecule has 196 valence electrons. The van der Waals surface area contributed by atoms with Crippen molar-refractivity contribution in [2.75, 3.05) is 5.73 Å². The summed E-state index contributed by atoms with van der Waals surface area (Å²) < 4.78 is 26.4. The topological polar surface area (TPSA) is 220 Å². The van der Waals surface area contributed by atoms with Crippen molar-refractivity contribution >= 4 is 43.7 Å². The minimum absolute atomic E-state index is 0.0692. The molecule has 0 fully saturated rings. The molecule has 1 aromatic carbocycles. The van der Waals surface area contributed by atoms with E-state index in [4.69, 9.17) is 5.73 Å². The average Bonchev–Trinajstić information content (AvgIpc) is 3.44. The molecule has 0 radical (unpaired) electrons. The van der Waals surface area contributed by atoms with Crippen LogP contribution in [0.3, 0.4) is 0 Å². The fourth-order valence-corrected chi connectivity index (χ4v) is 5.84. The number of aromatic amines is 1. The van der Waals surface area contributed by atoms with Crippen LogP contribution in [0.2, 0.25) is 0 Å². The third-order valence-electron chi connectivity index (χ3n) is 6.36. The highest BCUT2D eigenvalue weighted by molar-refractivity contribution is 7.60. The number of carbonyl (C=O) groups is 2. The predicted octanol–water partition coefficient (Wildman–Crippen LogP) is 0.714. The van der Waals surface area contributed by atoms with Crippen LogP contribution in [0, 0.1) is 0 Å². The first-order chi connectivity index (χ1) is 17.1. The van der Waals surface area contributed by atoms with E-state index >= 15 is 0 Å². The number of nitrogens with zero attached hydrogens (tertiary/aromatic N) is 1. The monoisotopic (exact) mass is 549 g/mol. The van der Waals surface area contributed by atoms with Gasteiger partial charge in [-0.2, -0.15) is 0 Å². The molecule has 2 aromatic heterocycles. The maximum absolute atomic E-state index is 13.1. The van der Waals surface area contributed by atoms with E-state index in [1.807, 2.05) is 0 Å². The van der Waals surface area contributed by atoms with Crippen LogP contribution in [-0.2, 0) is 21.3 Å². The largest absolute Gasteiger partial charge is 0.397 e. The molecule has 13 nitrogen and oxygen atoms in total. The van der Waals surface area contributed by atoms with E-state index in [9.17, 15) is 38.3 Å². The first-order valence-electron chi connectivity index (χ1n) is 10.8.